The molecule has 0 aliphatic heterocycles. The molecule has 0 spiro atoms. The molecule has 1 aromatic carbocycles. The van der Waals surface area contributed by atoms with Crippen LogP contribution in [0.15, 0.2) is 18.2 Å². The Bertz CT molecular complexity index is 431. The first kappa shape index (κ1) is 14.3. The molecule has 0 heterocycles. The molecule has 0 radical (unpaired) electrons. The Hall–Kier alpha value is -1.09. The summed E-state index contributed by atoms with van der Waals surface area (Å²) in [6.07, 6.45) is 5.09. The van der Waals surface area contributed by atoms with Crippen molar-refractivity contribution in [2.24, 2.45) is 5.41 Å². The van der Waals surface area contributed by atoms with Crippen LogP contribution >= 0.6 is 0 Å². The van der Waals surface area contributed by atoms with E-state index in [0.717, 1.165) is 12.1 Å². The quantitative estimate of drug-likeness (QED) is 0.891. The van der Waals surface area contributed by atoms with E-state index in [0.29, 0.717) is 17.2 Å². The Kier molecular flexibility index (Phi) is 4.46. The molecule has 1 fully saturated rings. The van der Waals surface area contributed by atoms with Crippen molar-refractivity contribution in [3.05, 3.63) is 29.6 Å². The van der Waals surface area contributed by atoms with Gasteiger partial charge in [0.2, 0.25) is 0 Å². The minimum atomic E-state index is -0.287. The highest BCUT2D eigenvalue weighted by Crippen LogP contribution is 2.35. The van der Waals surface area contributed by atoms with Gasteiger partial charge in [0.1, 0.15) is 0 Å². The smallest absolute Gasteiger partial charge is 0.165 e. The number of benzene rings is 1. The average molecular weight is 265 g/mol. The van der Waals surface area contributed by atoms with Crippen LogP contribution in [-0.2, 0) is 6.54 Å². The lowest BCUT2D eigenvalue weighted by molar-refractivity contribution is 0.166. The highest BCUT2D eigenvalue weighted by atomic mass is 19.1. The summed E-state index contributed by atoms with van der Waals surface area (Å²) in [6, 6.07) is 5.69. The summed E-state index contributed by atoms with van der Waals surface area (Å²) >= 11 is 0. The minimum Gasteiger partial charge on any atom is -0.494 e. The Morgan fingerprint density at radius 1 is 1.37 bits per heavy atom. The van der Waals surface area contributed by atoms with Gasteiger partial charge in [0.25, 0.3) is 0 Å². The molecule has 3 heteroatoms. The van der Waals surface area contributed by atoms with Crippen molar-refractivity contribution in [3.63, 3.8) is 0 Å². The molecule has 19 heavy (non-hydrogen) atoms. The molecule has 2 rings (SSSR count). The number of ether oxygens (including phenoxy) is 1. The fraction of sp³-hybridized carbons (Fsp3) is 0.625. The van der Waals surface area contributed by atoms with Crippen LogP contribution in [0.1, 0.15) is 45.1 Å². The van der Waals surface area contributed by atoms with Crippen molar-refractivity contribution in [3.8, 4) is 5.75 Å². The van der Waals surface area contributed by atoms with Crippen molar-refractivity contribution in [1.29, 1.82) is 0 Å². The number of rotatable bonds is 4. The third-order valence-electron chi connectivity index (χ3n) is 4.28. The summed E-state index contributed by atoms with van der Waals surface area (Å²) in [4.78, 5) is 0. The van der Waals surface area contributed by atoms with Crippen molar-refractivity contribution < 1.29 is 9.13 Å². The molecule has 1 atom stereocenters. The van der Waals surface area contributed by atoms with Crippen molar-refractivity contribution in [2.45, 2.75) is 52.1 Å². The summed E-state index contributed by atoms with van der Waals surface area (Å²) in [7, 11) is 1.49. The van der Waals surface area contributed by atoms with Gasteiger partial charge in [0.05, 0.1) is 7.11 Å². The molecule has 1 unspecified atom stereocenters. The first-order chi connectivity index (χ1) is 9.03. The van der Waals surface area contributed by atoms with Gasteiger partial charge in [-0.15, -0.1) is 0 Å². The Morgan fingerprint density at radius 3 is 2.79 bits per heavy atom. The first-order valence-corrected chi connectivity index (χ1v) is 7.09. The van der Waals surface area contributed by atoms with Gasteiger partial charge < -0.3 is 10.1 Å². The minimum absolute atomic E-state index is 0.287. The zero-order valence-electron chi connectivity index (χ0n) is 12.1. The maximum absolute atomic E-state index is 13.6. The summed E-state index contributed by atoms with van der Waals surface area (Å²) < 4.78 is 18.5. The highest BCUT2D eigenvalue weighted by molar-refractivity contribution is 5.29. The maximum atomic E-state index is 13.6. The summed E-state index contributed by atoms with van der Waals surface area (Å²) in [5.74, 6) is 0.0199. The normalized spacial score (nSPS) is 22.2. The second kappa shape index (κ2) is 5.91. The SMILES string of the molecule is COc1ccc(CNC2CCCCC2(C)C)cc1F. The lowest BCUT2D eigenvalue weighted by Crippen LogP contribution is -2.43. The van der Waals surface area contributed by atoms with Gasteiger partial charge in [-0.2, -0.15) is 0 Å². The van der Waals surface area contributed by atoms with Gasteiger partial charge >= 0.3 is 0 Å². The standard InChI is InChI=1S/C16H24FNO/c1-16(2)9-5-4-6-15(16)18-11-12-7-8-14(19-3)13(17)10-12/h7-8,10,15,18H,4-6,9,11H2,1-3H3. The summed E-state index contributed by atoms with van der Waals surface area (Å²) in [5.41, 5.74) is 1.31. The Morgan fingerprint density at radius 2 is 2.16 bits per heavy atom. The van der Waals surface area contributed by atoms with Crippen LogP contribution in [0.5, 0.6) is 5.75 Å². The van der Waals surface area contributed by atoms with Gasteiger partial charge in [-0.05, 0) is 36.0 Å². The zero-order valence-corrected chi connectivity index (χ0v) is 12.1. The number of nitrogens with one attached hydrogen (secondary N) is 1. The fourth-order valence-electron chi connectivity index (χ4n) is 2.93. The molecule has 1 saturated carbocycles. The van der Waals surface area contributed by atoms with Crippen LogP contribution in [0.4, 0.5) is 4.39 Å². The molecule has 0 amide bonds. The lowest BCUT2D eigenvalue weighted by Gasteiger charge is -2.39. The topological polar surface area (TPSA) is 21.3 Å². The molecule has 1 aliphatic rings. The first-order valence-electron chi connectivity index (χ1n) is 7.09. The third-order valence-corrected chi connectivity index (χ3v) is 4.28. The molecule has 2 nitrogen and oxygen atoms in total. The molecule has 1 aromatic rings. The molecule has 0 bridgehead atoms. The molecular weight excluding hydrogens is 241 g/mol. The summed E-state index contributed by atoms with van der Waals surface area (Å²) in [6.45, 7) is 5.35. The van der Waals surface area contributed by atoms with Gasteiger partial charge in [0.15, 0.2) is 11.6 Å². The van der Waals surface area contributed by atoms with E-state index in [2.05, 4.69) is 19.2 Å². The number of methoxy groups -OCH3 is 1. The van der Waals surface area contributed by atoms with Crippen LogP contribution in [0.2, 0.25) is 0 Å². The highest BCUT2D eigenvalue weighted by Gasteiger charge is 2.31. The van der Waals surface area contributed by atoms with E-state index in [1.807, 2.05) is 6.07 Å². The van der Waals surface area contributed by atoms with Crippen molar-refractivity contribution in [2.75, 3.05) is 7.11 Å². The summed E-state index contributed by atoms with van der Waals surface area (Å²) in [5, 5.41) is 3.59. The van der Waals surface area contributed by atoms with Crippen molar-refractivity contribution >= 4 is 0 Å². The Balaban J connectivity index is 1.96. The van der Waals surface area contributed by atoms with Crippen LogP contribution in [0, 0.1) is 11.2 Å². The molecule has 0 aromatic heterocycles. The zero-order chi connectivity index (χ0) is 13.9. The molecule has 1 aliphatic carbocycles. The molecular formula is C16H24FNO. The van der Waals surface area contributed by atoms with Crippen LogP contribution in [0.3, 0.4) is 0 Å². The van der Waals surface area contributed by atoms with E-state index >= 15 is 0 Å². The van der Waals surface area contributed by atoms with E-state index in [-0.39, 0.29) is 5.82 Å². The van der Waals surface area contributed by atoms with Crippen LogP contribution in [-0.4, -0.2) is 13.2 Å². The van der Waals surface area contributed by atoms with Gasteiger partial charge in [-0.3, -0.25) is 0 Å². The van der Waals surface area contributed by atoms with Gasteiger partial charge in [-0.1, -0.05) is 32.8 Å². The van der Waals surface area contributed by atoms with Gasteiger partial charge in [-0.25, -0.2) is 4.39 Å². The number of hydrogen-bond donors (Lipinski definition) is 1. The molecule has 0 saturated heterocycles. The van der Waals surface area contributed by atoms with Crippen molar-refractivity contribution in [1.82, 2.24) is 5.32 Å². The monoisotopic (exact) mass is 265 g/mol. The maximum Gasteiger partial charge on any atom is 0.165 e. The molecule has 1 N–H and O–H groups in total. The third kappa shape index (κ3) is 3.47. The van der Waals surface area contributed by atoms with E-state index < -0.39 is 0 Å². The second-order valence-electron chi connectivity index (χ2n) is 6.14. The van der Waals surface area contributed by atoms with Crippen LogP contribution in [0.25, 0.3) is 0 Å². The largest absolute Gasteiger partial charge is 0.494 e. The van der Waals surface area contributed by atoms with E-state index in [4.69, 9.17) is 4.74 Å². The fourth-order valence-corrected chi connectivity index (χ4v) is 2.93. The van der Waals surface area contributed by atoms with E-state index in [1.165, 1.54) is 32.8 Å². The lowest BCUT2D eigenvalue weighted by atomic mass is 9.73. The number of hydrogen-bond acceptors (Lipinski definition) is 2. The van der Waals surface area contributed by atoms with Gasteiger partial charge in [0, 0.05) is 12.6 Å². The number of halogens is 1. The Labute approximate surface area is 115 Å². The van der Waals surface area contributed by atoms with E-state index in [9.17, 15) is 4.39 Å². The predicted molar refractivity (Wildman–Crippen MR) is 75.8 cm³/mol. The van der Waals surface area contributed by atoms with E-state index in [1.54, 1.807) is 12.1 Å². The molecule has 106 valence electrons. The van der Waals surface area contributed by atoms with Crippen LogP contribution < -0.4 is 10.1 Å². The second-order valence-corrected chi connectivity index (χ2v) is 6.14. The average Bonchev–Trinajstić information content (AvgIpc) is 2.37. The predicted octanol–water partition coefficient (Wildman–Crippen LogP) is 3.89.